The monoisotopic (exact) mass is 1030 g/mol. The number of nitrogens with one attached hydrogen (secondary N) is 4. The Morgan fingerprint density at radius 1 is 0.288 bits per heavy atom. The van der Waals surface area contributed by atoms with Crippen molar-refractivity contribution in [3.8, 4) is 0 Å². The molecule has 8 aromatic rings. The van der Waals surface area contributed by atoms with Crippen LogP contribution in [0.25, 0.3) is 0 Å². The molecule has 0 atom stereocenters. The molecule has 2 aromatic heterocycles. The molecule has 0 spiro atoms. The third kappa shape index (κ3) is 14.1. The average molecular weight is 1030 g/mol. The molecule has 10 radical (unpaired) electrons. The van der Waals surface area contributed by atoms with Gasteiger partial charge in [0.15, 0.2) is 0 Å². The molecular formula is C60H46FeN6O4P2+2. The van der Waals surface area contributed by atoms with Crippen molar-refractivity contribution >= 4 is 94.6 Å². The Labute approximate surface area is 440 Å². The van der Waals surface area contributed by atoms with Crippen LogP contribution in [0.1, 0.15) is 20.7 Å². The van der Waals surface area contributed by atoms with Crippen molar-refractivity contribution < 1.29 is 36.2 Å². The number of anilines is 4. The fourth-order valence-corrected chi connectivity index (χ4v) is 12.2. The Morgan fingerprint density at radius 3 is 0.808 bits per heavy atom. The van der Waals surface area contributed by atoms with E-state index in [4.69, 9.17) is 0 Å². The van der Waals surface area contributed by atoms with Gasteiger partial charge in [0.2, 0.25) is 11.8 Å². The van der Waals surface area contributed by atoms with E-state index in [-0.39, 0.29) is 40.7 Å². The van der Waals surface area contributed by atoms with Crippen molar-refractivity contribution in [1.29, 1.82) is 0 Å². The van der Waals surface area contributed by atoms with Crippen LogP contribution in [-0.2, 0) is 26.7 Å². The number of aromatic nitrogens is 2. The molecule has 2 fully saturated rings. The SMILES string of the molecule is O=C(Nc1cccc(NC(=O)c2ccc(P(c3ccccc3)c3ccccc3)cc2)n1)[C]1[CH][CH][CH][CH]1.O=C(Nc1cccc(NC(=O)c2ccc(P(c3ccccc3)c3ccccc3)cc2)n1)[C]1[CH][CH][CH][CH]1.[Fe+2]. The minimum absolute atomic E-state index is 0. The fourth-order valence-electron chi connectivity index (χ4n) is 7.68. The van der Waals surface area contributed by atoms with Gasteiger partial charge in [0.1, 0.15) is 23.3 Å². The number of benzene rings is 6. The van der Waals surface area contributed by atoms with Crippen molar-refractivity contribution in [2.75, 3.05) is 21.3 Å². The molecule has 6 aromatic carbocycles. The molecule has 0 unspecified atom stereocenters. The Morgan fingerprint density at radius 2 is 0.534 bits per heavy atom. The van der Waals surface area contributed by atoms with Gasteiger partial charge in [-0.05, 0) is 148 Å². The number of hydrogen-bond acceptors (Lipinski definition) is 6. The quantitative estimate of drug-likeness (QED) is 0.0634. The summed E-state index contributed by atoms with van der Waals surface area (Å²) in [5.74, 6) is 1.53. The van der Waals surface area contributed by atoms with Gasteiger partial charge in [-0.25, -0.2) is 9.97 Å². The van der Waals surface area contributed by atoms with E-state index in [1.165, 1.54) is 21.2 Å². The van der Waals surface area contributed by atoms with E-state index >= 15 is 0 Å². The first-order chi connectivity index (χ1) is 35.3. The molecule has 2 heterocycles. The summed E-state index contributed by atoms with van der Waals surface area (Å²) in [5.41, 5.74) is 1.06. The standard InChI is InChI=1S/2C30H23N3O2P.Fe/c2*34-29(22-10-7-8-11-22)32-27-16-9-17-28(31-27)33-30(35)23-18-20-26(21-19-23)36(24-12-3-1-4-13-24)25-14-5-2-6-15-25;/h2*1-21H,(H2,31,32,33,34,35);/q;;+2. The minimum Gasteiger partial charge on any atom is -0.310 e. The maximum atomic E-state index is 12.9. The van der Waals surface area contributed by atoms with E-state index in [0.29, 0.717) is 46.2 Å². The van der Waals surface area contributed by atoms with Gasteiger partial charge >= 0.3 is 17.1 Å². The van der Waals surface area contributed by atoms with E-state index in [1.807, 2.05) is 72.8 Å². The predicted molar refractivity (Wildman–Crippen MR) is 293 cm³/mol. The van der Waals surface area contributed by atoms with Gasteiger partial charge in [-0.15, -0.1) is 0 Å². The molecule has 0 bridgehead atoms. The van der Waals surface area contributed by atoms with Crippen LogP contribution in [0.3, 0.4) is 0 Å². The molecule has 2 aliphatic carbocycles. The molecule has 10 rings (SSSR count). The summed E-state index contributed by atoms with van der Waals surface area (Å²) in [7, 11) is -1.48. The van der Waals surface area contributed by atoms with Crippen LogP contribution in [-0.4, -0.2) is 33.6 Å². The van der Waals surface area contributed by atoms with Gasteiger partial charge in [0.25, 0.3) is 11.8 Å². The average Bonchev–Trinajstić information content (AvgIpc) is 4.18. The van der Waals surface area contributed by atoms with Crippen LogP contribution in [0.5, 0.6) is 0 Å². The zero-order valence-corrected chi connectivity index (χ0v) is 41.9. The van der Waals surface area contributed by atoms with Crippen LogP contribution >= 0.6 is 15.8 Å². The van der Waals surface area contributed by atoms with Crippen molar-refractivity contribution in [2.45, 2.75) is 0 Å². The molecule has 0 saturated heterocycles. The molecule has 13 heteroatoms. The molecule has 10 nitrogen and oxygen atoms in total. The van der Waals surface area contributed by atoms with E-state index in [1.54, 1.807) is 87.8 Å². The number of nitrogens with zero attached hydrogens (tertiary/aromatic N) is 2. The zero-order valence-electron chi connectivity index (χ0n) is 39.0. The summed E-state index contributed by atoms with van der Waals surface area (Å²) in [6.07, 6.45) is 14.1. The van der Waals surface area contributed by atoms with Gasteiger partial charge in [0.05, 0.1) is 11.8 Å². The number of hydrogen-bond donors (Lipinski definition) is 4. The molecule has 2 saturated carbocycles. The number of rotatable bonds is 14. The second kappa shape index (κ2) is 26.0. The van der Waals surface area contributed by atoms with Crippen LogP contribution in [0, 0.1) is 63.2 Å². The number of carbonyl (C=O) groups excluding carboxylic acids is 4. The van der Waals surface area contributed by atoms with Crippen LogP contribution in [0.4, 0.5) is 23.3 Å². The summed E-state index contributed by atoms with van der Waals surface area (Å²) in [6.45, 7) is 0. The van der Waals surface area contributed by atoms with Gasteiger partial charge in [-0.2, -0.15) is 0 Å². The third-order valence-electron chi connectivity index (χ3n) is 11.1. The largest absolute Gasteiger partial charge is 2.00 e. The summed E-state index contributed by atoms with van der Waals surface area (Å²) in [6, 6.07) is 67.3. The topological polar surface area (TPSA) is 142 Å². The first-order valence-corrected chi connectivity index (χ1v) is 25.7. The summed E-state index contributed by atoms with van der Waals surface area (Å²) in [4.78, 5) is 59.1. The Hall–Kier alpha value is -7.12. The molecule has 356 valence electrons. The fraction of sp³-hybridized carbons (Fsp3) is 0. The van der Waals surface area contributed by atoms with Crippen molar-refractivity contribution in [3.05, 3.63) is 281 Å². The van der Waals surface area contributed by atoms with Gasteiger partial charge in [0, 0.05) is 11.1 Å². The number of pyridine rings is 2. The Kier molecular flexibility index (Phi) is 18.6. The van der Waals surface area contributed by atoms with E-state index in [2.05, 4.69) is 128 Å². The van der Waals surface area contributed by atoms with Crippen LogP contribution < -0.4 is 53.1 Å². The Bertz CT molecular complexity index is 2780. The number of amides is 4. The Balaban J connectivity index is 0.000000192. The molecule has 2 aliphatic rings. The molecule has 0 aliphatic heterocycles. The minimum atomic E-state index is -0.739. The third-order valence-corrected chi connectivity index (χ3v) is 16.0. The molecule has 4 N–H and O–H groups in total. The number of carbonyl (C=O) groups is 4. The first kappa shape index (κ1) is 52.2. The van der Waals surface area contributed by atoms with Crippen molar-refractivity contribution in [1.82, 2.24) is 9.97 Å². The van der Waals surface area contributed by atoms with Gasteiger partial charge < -0.3 is 21.3 Å². The summed E-state index contributed by atoms with van der Waals surface area (Å²) >= 11 is 0. The molecule has 73 heavy (non-hydrogen) atoms. The smallest absolute Gasteiger partial charge is 0.310 e. The van der Waals surface area contributed by atoms with Crippen LogP contribution in [0.15, 0.2) is 206 Å². The molecular weight excluding hydrogens is 986 g/mol. The van der Waals surface area contributed by atoms with Crippen molar-refractivity contribution in [3.63, 3.8) is 0 Å². The maximum Gasteiger partial charge on any atom is 2.00 e. The summed E-state index contributed by atoms with van der Waals surface area (Å²) in [5, 5.41) is 18.5. The van der Waals surface area contributed by atoms with Gasteiger partial charge in [-0.3, -0.25) is 19.2 Å². The van der Waals surface area contributed by atoms with E-state index < -0.39 is 15.8 Å². The second-order valence-electron chi connectivity index (χ2n) is 16.1. The van der Waals surface area contributed by atoms with Gasteiger partial charge in [-0.1, -0.05) is 158 Å². The maximum absolute atomic E-state index is 12.9. The zero-order chi connectivity index (χ0) is 49.5. The normalized spacial score (nSPS) is 13.3. The van der Waals surface area contributed by atoms with Crippen LogP contribution in [0.2, 0.25) is 0 Å². The predicted octanol–water partition coefficient (Wildman–Crippen LogP) is 8.87. The second-order valence-corrected chi connectivity index (χ2v) is 20.5. The van der Waals surface area contributed by atoms with E-state index in [0.717, 1.165) is 10.6 Å². The first-order valence-electron chi connectivity index (χ1n) is 23.0. The van der Waals surface area contributed by atoms with E-state index in [9.17, 15) is 19.2 Å². The molecule has 4 amide bonds. The summed E-state index contributed by atoms with van der Waals surface area (Å²) < 4.78 is 0. The van der Waals surface area contributed by atoms with Crippen molar-refractivity contribution in [2.24, 2.45) is 0 Å².